The van der Waals surface area contributed by atoms with Crippen LogP contribution in [0.4, 0.5) is 4.79 Å². The minimum atomic E-state index is -0.481. The Morgan fingerprint density at radius 3 is 2.47 bits per heavy atom. The summed E-state index contributed by atoms with van der Waals surface area (Å²) in [6.07, 6.45) is 0.528. The summed E-state index contributed by atoms with van der Waals surface area (Å²) < 4.78 is 9.99. The lowest BCUT2D eigenvalue weighted by atomic mass is 10.3. The van der Waals surface area contributed by atoms with Crippen molar-refractivity contribution in [3.63, 3.8) is 0 Å². The Balaban J connectivity index is 3.95. The van der Waals surface area contributed by atoms with Crippen LogP contribution in [-0.4, -0.2) is 31.3 Å². The second-order valence-electron chi connectivity index (χ2n) is 3.74. The maximum Gasteiger partial charge on any atom is 0.407 e. The first-order valence-electron chi connectivity index (χ1n) is 5.78. The molecule has 1 amide bonds. The summed E-state index contributed by atoms with van der Waals surface area (Å²) in [7, 11) is 0. The molecule has 0 aliphatic heterocycles. The quantitative estimate of drug-likeness (QED) is 0.549. The van der Waals surface area contributed by atoms with Gasteiger partial charge in [-0.25, -0.2) is 9.59 Å². The van der Waals surface area contributed by atoms with Gasteiger partial charge in [-0.3, -0.25) is 0 Å². The van der Waals surface area contributed by atoms with Crippen LogP contribution in [0.5, 0.6) is 0 Å². The van der Waals surface area contributed by atoms with Gasteiger partial charge in [-0.2, -0.15) is 0 Å². The van der Waals surface area contributed by atoms with Crippen LogP contribution in [0.2, 0.25) is 0 Å². The Kier molecular flexibility index (Phi) is 7.84. The highest BCUT2D eigenvalue weighted by Crippen LogP contribution is 2.02. The summed E-state index contributed by atoms with van der Waals surface area (Å²) in [6.45, 7) is 9.46. The molecule has 0 aliphatic carbocycles. The van der Waals surface area contributed by atoms with Gasteiger partial charge in [0.2, 0.25) is 0 Å². The van der Waals surface area contributed by atoms with Crippen LogP contribution in [0.3, 0.4) is 0 Å². The van der Waals surface area contributed by atoms with Gasteiger partial charge in [0.1, 0.15) is 12.7 Å². The van der Waals surface area contributed by atoms with Crippen LogP contribution in [0.1, 0.15) is 33.6 Å². The molecule has 1 N–H and O–H groups in total. The van der Waals surface area contributed by atoms with E-state index in [1.807, 2.05) is 13.8 Å². The number of carbonyl (C=O) groups is 2. The van der Waals surface area contributed by atoms with Crippen LogP contribution < -0.4 is 5.32 Å². The van der Waals surface area contributed by atoms with Crippen molar-refractivity contribution in [2.75, 3.05) is 13.2 Å². The van der Waals surface area contributed by atoms with Crippen molar-refractivity contribution in [1.82, 2.24) is 5.32 Å². The van der Waals surface area contributed by atoms with E-state index in [0.29, 0.717) is 18.5 Å². The first-order chi connectivity index (χ1) is 8.01. The fourth-order valence-corrected chi connectivity index (χ4v) is 0.947. The molecule has 0 rings (SSSR count). The summed E-state index contributed by atoms with van der Waals surface area (Å²) in [4.78, 5) is 22.4. The van der Waals surface area contributed by atoms with Crippen molar-refractivity contribution in [3.05, 3.63) is 12.2 Å². The van der Waals surface area contributed by atoms with Gasteiger partial charge in [0.05, 0.1) is 0 Å². The van der Waals surface area contributed by atoms with Crippen LogP contribution >= 0.6 is 0 Å². The van der Waals surface area contributed by atoms with Gasteiger partial charge in [0, 0.05) is 12.1 Å². The molecule has 0 aromatic rings. The number of rotatable bonds is 7. The van der Waals surface area contributed by atoms with E-state index in [0.717, 1.165) is 6.42 Å². The van der Waals surface area contributed by atoms with Gasteiger partial charge in [0.25, 0.3) is 0 Å². The first kappa shape index (κ1) is 15.5. The molecule has 0 fully saturated rings. The molecule has 0 aliphatic rings. The molecule has 1 atom stereocenters. The van der Waals surface area contributed by atoms with E-state index in [9.17, 15) is 9.59 Å². The molecule has 17 heavy (non-hydrogen) atoms. The second kappa shape index (κ2) is 8.61. The van der Waals surface area contributed by atoms with Crippen molar-refractivity contribution in [2.24, 2.45) is 0 Å². The standard InChI is InChI=1S/C12H21NO4/c1-5-7-13-12(15)17-10(6-2)8-16-11(14)9(3)4/h10H,3,5-8H2,1-2,4H3,(H,13,15). The van der Waals surface area contributed by atoms with E-state index >= 15 is 0 Å². The molecular formula is C12H21NO4. The third-order valence-electron chi connectivity index (χ3n) is 2.00. The number of hydrogen-bond donors (Lipinski definition) is 1. The number of alkyl carbamates (subject to hydrolysis) is 1. The predicted octanol–water partition coefficient (Wildman–Crippen LogP) is 2.02. The van der Waals surface area contributed by atoms with Gasteiger partial charge in [-0.15, -0.1) is 0 Å². The van der Waals surface area contributed by atoms with E-state index in [-0.39, 0.29) is 6.61 Å². The third kappa shape index (κ3) is 7.38. The lowest BCUT2D eigenvalue weighted by molar-refractivity contribution is -0.142. The summed E-state index contributed by atoms with van der Waals surface area (Å²) in [5.74, 6) is -0.471. The van der Waals surface area contributed by atoms with Crippen molar-refractivity contribution < 1.29 is 19.1 Å². The maximum absolute atomic E-state index is 11.3. The average molecular weight is 243 g/mol. The van der Waals surface area contributed by atoms with Crippen molar-refractivity contribution in [3.8, 4) is 0 Å². The number of nitrogens with one attached hydrogen (secondary N) is 1. The zero-order chi connectivity index (χ0) is 13.3. The normalized spacial score (nSPS) is 11.5. The Morgan fingerprint density at radius 2 is 2.00 bits per heavy atom. The molecule has 5 heteroatoms. The van der Waals surface area contributed by atoms with E-state index in [4.69, 9.17) is 9.47 Å². The molecule has 0 bridgehead atoms. The molecule has 0 saturated heterocycles. The highest BCUT2D eigenvalue weighted by molar-refractivity contribution is 5.86. The average Bonchev–Trinajstić information content (AvgIpc) is 2.31. The summed E-state index contributed by atoms with van der Waals surface area (Å²) in [5, 5.41) is 2.59. The van der Waals surface area contributed by atoms with Crippen molar-refractivity contribution >= 4 is 12.1 Å². The van der Waals surface area contributed by atoms with E-state index < -0.39 is 18.2 Å². The van der Waals surface area contributed by atoms with Gasteiger partial charge < -0.3 is 14.8 Å². The molecule has 0 aromatic carbocycles. The lowest BCUT2D eigenvalue weighted by Crippen LogP contribution is -2.32. The number of esters is 1. The van der Waals surface area contributed by atoms with Gasteiger partial charge in [-0.1, -0.05) is 20.4 Å². The van der Waals surface area contributed by atoms with Crippen LogP contribution in [0.25, 0.3) is 0 Å². The number of hydrogen-bond acceptors (Lipinski definition) is 4. The minimum Gasteiger partial charge on any atom is -0.458 e. The number of carbonyl (C=O) groups excluding carboxylic acids is 2. The maximum atomic E-state index is 11.3. The molecule has 0 aromatic heterocycles. The van der Waals surface area contributed by atoms with E-state index in [1.54, 1.807) is 6.92 Å². The largest absolute Gasteiger partial charge is 0.458 e. The number of ether oxygens (including phenoxy) is 2. The van der Waals surface area contributed by atoms with Gasteiger partial charge in [0.15, 0.2) is 0 Å². The second-order valence-corrected chi connectivity index (χ2v) is 3.74. The monoisotopic (exact) mass is 243 g/mol. The van der Waals surface area contributed by atoms with Crippen LogP contribution in [0.15, 0.2) is 12.2 Å². The fraction of sp³-hybridized carbons (Fsp3) is 0.667. The summed E-state index contributed by atoms with van der Waals surface area (Å²) in [5.41, 5.74) is 0.329. The lowest BCUT2D eigenvalue weighted by Gasteiger charge is -2.16. The molecule has 1 unspecified atom stereocenters. The Labute approximate surface area is 102 Å². The first-order valence-corrected chi connectivity index (χ1v) is 5.78. The molecule has 5 nitrogen and oxygen atoms in total. The fourth-order valence-electron chi connectivity index (χ4n) is 0.947. The molecule has 98 valence electrons. The van der Waals surface area contributed by atoms with E-state index in [1.165, 1.54) is 0 Å². The zero-order valence-corrected chi connectivity index (χ0v) is 10.7. The molecule has 0 saturated carbocycles. The molecular weight excluding hydrogens is 222 g/mol. The van der Waals surface area contributed by atoms with Crippen molar-refractivity contribution in [2.45, 2.75) is 39.7 Å². The molecule has 0 heterocycles. The third-order valence-corrected chi connectivity index (χ3v) is 2.00. The Morgan fingerprint density at radius 1 is 1.35 bits per heavy atom. The highest BCUT2D eigenvalue weighted by Gasteiger charge is 2.14. The smallest absolute Gasteiger partial charge is 0.407 e. The summed E-state index contributed by atoms with van der Waals surface area (Å²) in [6, 6.07) is 0. The Bertz CT molecular complexity index is 276. The topological polar surface area (TPSA) is 64.6 Å². The molecule has 0 spiro atoms. The van der Waals surface area contributed by atoms with Gasteiger partial charge >= 0.3 is 12.1 Å². The molecule has 0 radical (unpaired) electrons. The van der Waals surface area contributed by atoms with Crippen LogP contribution in [-0.2, 0) is 14.3 Å². The predicted molar refractivity (Wildman–Crippen MR) is 64.6 cm³/mol. The zero-order valence-electron chi connectivity index (χ0n) is 10.7. The number of amides is 1. The highest BCUT2D eigenvalue weighted by atomic mass is 16.6. The van der Waals surface area contributed by atoms with E-state index in [2.05, 4.69) is 11.9 Å². The van der Waals surface area contributed by atoms with Crippen LogP contribution in [0, 0.1) is 0 Å². The van der Waals surface area contributed by atoms with Crippen molar-refractivity contribution in [1.29, 1.82) is 0 Å². The minimum absolute atomic E-state index is 0.0573. The SMILES string of the molecule is C=C(C)C(=O)OCC(CC)OC(=O)NCCC. The summed E-state index contributed by atoms with van der Waals surface area (Å²) >= 11 is 0. The Hall–Kier alpha value is -1.52. The van der Waals surface area contributed by atoms with Gasteiger partial charge in [-0.05, 0) is 19.8 Å².